The van der Waals surface area contributed by atoms with Crippen LogP contribution in [0, 0.1) is 11.8 Å². The molecule has 31 heavy (non-hydrogen) atoms. The molecule has 2 aliphatic carbocycles. The van der Waals surface area contributed by atoms with E-state index in [9.17, 15) is 18.3 Å². The van der Waals surface area contributed by atoms with Crippen molar-refractivity contribution in [3.63, 3.8) is 0 Å². The molecule has 1 heterocycles. The van der Waals surface area contributed by atoms with Gasteiger partial charge in [0.15, 0.2) is 0 Å². The first-order valence-corrected chi connectivity index (χ1v) is 11.8. The topological polar surface area (TPSA) is 23.5 Å². The quantitative estimate of drug-likeness (QED) is 0.572. The first kappa shape index (κ1) is 21.1. The summed E-state index contributed by atoms with van der Waals surface area (Å²) in [4.78, 5) is 2.60. The Labute approximate surface area is 185 Å². The molecule has 1 saturated heterocycles. The van der Waals surface area contributed by atoms with Crippen LogP contribution in [0.15, 0.2) is 47.4 Å². The van der Waals surface area contributed by atoms with E-state index in [1.54, 1.807) is 12.1 Å². The zero-order chi connectivity index (χ0) is 21.6. The van der Waals surface area contributed by atoms with Gasteiger partial charge in [0.2, 0.25) is 0 Å². The van der Waals surface area contributed by atoms with E-state index >= 15 is 0 Å². The van der Waals surface area contributed by atoms with Crippen LogP contribution in [0.2, 0.25) is 0 Å². The Balaban J connectivity index is 1.54. The number of thioether (sulfide) groups is 1. The van der Waals surface area contributed by atoms with Crippen molar-refractivity contribution >= 4 is 23.9 Å². The van der Waals surface area contributed by atoms with Crippen LogP contribution in [0.25, 0.3) is 12.2 Å². The molecule has 2 nitrogen and oxygen atoms in total. The number of piperidine rings is 1. The molecule has 0 spiro atoms. The first-order valence-electron chi connectivity index (χ1n) is 11.0. The van der Waals surface area contributed by atoms with Gasteiger partial charge in [-0.1, -0.05) is 42.5 Å². The average molecular weight is 446 g/mol. The molecule has 164 valence electrons. The lowest BCUT2D eigenvalue weighted by atomic mass is 9.70. The maximum atomic E-state index is 13.1. The smallest absolute Gasteiger partial charge is 0.380 e. The normalized spacial score (nSPS) is 24.5. The maximum Gasteiger partial charge on any atom is 0.446 e. The van der Waals surface area contributed by atoms with Crippen molar-refractivity contribution in [2.75, 3.05) is 19.6 Å². The van der Waals surface area contributed by atoms with Gasteiger partial charge in [0.25, 0.3) is 0 Å². The molecule has 5 rings (SSSR count). The number of hydrogen-bond donors (Lipinski definition) is 1. The molecule has 0 bridgehead atoms. The number of halogens is 3. The van der Waals surface area contributed by atoms with E-state index in [0.717, 1.165) is 55.1 Å². The minimum Gasteiger partial charge on any atom is -0.380 e. The van der Waals surface area contributed by atoms with Gasteiger partial charge < -0.3 is 10.0 Å². The van der Waals surface area contributed by atoms with Crippen LogP contribution >= 0.6 is 11.8 Å². The number of nitrogens with zero attached hydrogens (tertiary/aromatic N) is 1. The van der Waals surface area contributed by atoms with E-state index in [4.69, 9.17) is 0 Å². The summed E-state index contributed by atoms with van der Waals surface area (Å²) in [5, 5.41) is 12.3. The predicted octanol–water partition coefficient (Wildman–Crippen LogP) is 6.14. The van der Waals surface area contributed by atoms with E-state index in [2.05, 4.69) is 4.90 Å². The second kappa shape index (κ2) is 7.98. The molecular formula is C25H26F3NOS. The average Bonchev–Trinajstić information content (AvgIpc) is 3.56. The molecule has 2 aromatic rings. The minimum atomic E-state index is -4.36. The van der Waals surface area contributed by atoms with Crippen molar-refractivity contribution in [2.45, 2.75) is 41.7 Å². The Morgan fingerprint density at radius 1 is 0.935 bits per heavy atom. The minimum absolute atomic E-state index is 0.0473. The fraction of sp³-hybridized carbons (Fsp3) is 0.440. The molecule has 0 radical (unpaired) electrons. The zero-order valence-electron chi connectivity index (χ0n) is 17.2. The SMILES string of the molecule is OC1(C2CCN(CC3CC3)CC2)c2ccccc2C=Cc2ccc(SC(F)(F)F)cc21. The summed E-state index contributed by atoms with van der Waals surface area (Å²) < 4.78 is 39.2. The second-order valence-corrected chi connectivity index (χ2v) is 10.1. The van der Waals surface area contributed by atoms with Crippen LogP contribution in [0.5, 0.6) is 0 Å². The third-order valence-corrected chi connectivity index (χ3v) is 7.60. The fourth-order valence-electron chi connectivity index (χ4n) is 5.16. The van der Waals surface area contributed by atoms with Crippen LogP contribution < -0.4 is 0 Å². The lowest BCUT2D eigenvalue weighted by Crippen LogP contribution is -2.45. The van der Waals surface area contributed by atoms with Crippen molar-refractivity contribution in [3.05, 3.63) is 64.7 Å². The number of benzene rings is 2. The van der Waals surface area contributed by atoms with Crippen molar-refractivity contribution in [2.24, 2.45) is 11.8 Å². The highest BCUT2D eigenvalue weighted by Gasteiger charge is 2.45. The van der Waals surface area contributed by atoms with E-state index in [-0.39, 0.29) is 22.6 Å². The highest BCUT2D eigenvalue weighted by atomic mass is 32.2. The molecule has 3 aliphatic rings. The summed E-state index contributed by atoms with van der Waals surface area (Å²) in [6, 6.07) is 12.5. The third-order valence-electron chi connectivity index (χ3n) is 6.87. The highest BCUT2D eigenvalue weighted by molar-refractivity contribution is 8.00. The van der Waals surface area contributed by atoms with Crippen LogP contribution in [0.1, 0.15) is 47.9 Å². The number of hydrogen-bond acceptors (Lipinski definition) is 3. The Morgan fingerprint density at radius 2 is 1.61 bits per heavy atom. The predicted molar refractivity (Wildman–Crippen MR) is 119 cm³/mol. The molecule has 1 aliphatic heterocycles. The summed E-state index contributed by atoms with van der Waals surface area (Å²) in [5.74, 6) is 0.777. The number of fused-ring (bicyclic) bond motifs is 2. The van der Waals surface area contributed by atoms with Gasteiger partial charge in [0, 0.05) is 11.4 Å². The van der Waals surface area contributed by atoms with Crippen LogP contribution in [0.3, 0.4) is 0 Å². The standard InChI is InChI=1S/C25H26F3NOS/c26-25(27,28)31-21-10-9-19-8-7-18-3-1-2-4-22(18)24(30,23(19)15-21)20-11-13-29(14-12-20)16-17-5-6-17/h1-4,7-10,15,17,20,30H,5-6,11-14,16H2. The van der Waals surface area contributed by atoms with Crippen LogP contribution in [0.4, 0.5) is 13.2 Å². The molecular weight excluding hydrogens is 419 g/mol. The third kappa shape index (κ3) is 4.30. The number of aliphatic hydroxyl groups is 1. The van der Waals surface area contributed by atoms with Crippen molar-refractivity contribution in [3.8, 4) is 0 Å². The largest absolute Gasteiger partial charge is 0.446 e. The van der Waals surface area contributed by atoms with Crippen LogP contribution in [-0.2, 0) is 5.60 Å². The van der Waals surface area contributed by atoms with E-state index in [0.29, 0.717) is 5.56 Å². The second-order valence-electron chi connectivity index (χ2n) is 9.00. The Kier molecular flexibility index (Phi) is 5.43. The van der Waals surface area contributed by atoms with Gasteiger partial charge in [-0.25, -0.2) is 0 Å². The summed E-state index contributed by atoms with van der Waals surface area (Å²) in [5.41, 5.74) is -2.59. The van der Waals surface area contributed by atoms with Gasteiger partial charge in [-0.3, -0.25) is 0 Å². The summed E-state index contributed by atoms with van der Waals surface area (Å²) in [6.07, 6.45) is 8.16. The number of alkyl halides is 3. The fourth-order valence-corrected chi connectivity index (χ4v) is 5.74. The van der Waals surface area contributed by atoms with Gasteiger partial charge in [0.1, 0.15) is 5.60 Å². The number of likely N-dealkylation sites (tertiary alicyclic amines) is 1. The Bertz CT molecular complexity index is 993. The van der Waals surface area contributed by atoms with E-state index in [1.165, 1.54) is 18.9 Å². The number of rotatable bonds is 4. The monoisotopic (exact) mass is 445 g/mol. The summed E-state index contributed by atoms with van der Waals surface area (Å²) in [6.45, 7) is 2.98. The summed E-state index contributed by atoms with van der Waals surface area (Å²) in [7, 11) is 0. The molecule has 0 aromatic heterocycles. The van der Waals surface area contributed by atoms with Gasteiger partial charge in [0.05, 0.1) is 0 Å². The zero-order valence-corrected chi connectivity index (χ0v) is 18.1. The Morgan fingerprint density at radius 3 is 2.29 bits per heavy atom. The van der Waals surface area contributed by atoms with E-state index < -0.39 is 11.1 Å². The molecule has 1 N–H and O–H groups in total. The first-order chi connectivity index (χ1) is 14.8. The molecule has 1 saturated carbocycles. The molecule has 2 aromatic carbocycles. The lowest BCUT2D eigenvalue weighted by Gasteiger charge is -2.43. The van der Waals surface area contributed by atoms with Gasteiger partial charge in [-0.2, -0.15) is 13.2 Å². The van der Waals surface area contributed by atoms with Crippen molar-refractivity contribution in [1.82, 2.24) is 4.90 Å². The van der Waals surface area contributed by atoms with Gasteiger partial charge >= 0.3 is 5.51 Å². The molecule has 1 atom stereocenters. The highest BCUT2D eigenvalue weighted by Crippen LogP contribution is 2.48. The van der Waals surface area contributed by atoms with Crippen LogP contribution in [-0.4, -0.2) is 35.1 Å². The Hall–Kier alpha value is -1.76. The van der Waals surface area contributed by atoms with Crippen molar-refractivity contribution < 1.29 is 18.3 Å². The lowest BCUT2D eigenvalue weighted by molar-refractivity contribution is -0.0329. The molecule has 6 heteroatoms. The molecule has 1 unspecified atom stereocenters. The summed E-state index contributed by atoms with van der Waals surface area (Å²) >= 11 is -0.120. The van der Waals surface area contributed by atoms with Gasteiger partial charge in [-0.05, 0) is 96.8 Å². The maximum absolute atomic E-state index is 13.1. The van der Waals surface area contributed by atoms with Gasteiger partial charge in [-0.15, -0.1) is 0 Å². The van der Waals surface area contributed by atoms with Crippen molar-refractivity contribution in [1.29, 1.82) is 0 Å². The molecule has 2 fully saturated rings. The molecule has 0 amide bonds. The van der Waals surface area contributed by atoms with E-state index in [1.807, 2.05) is 36.4 Å².